The van der Waals surface area contributed by atoms with Crippen LogP contribution in [0.25, 0.3) is 0 Å². The minimum atomic E-state index is -0.715. The maximum Gasteiger partial charge on any atom is 0.307 e. The van der Waals surface area contributed by atoms with Gasteiger partial charge in [0.05, 0.1) is 12.5 Å². The van der Waals surface area contributed by atoms with Gasteiger partial charge in [-0.05, 0) is 24.0 Å². The molecule has 1 N–H and O–H groups in total. The fourth-order valence-corrected chi connectivity index (χ4v) is 2.61. The minimum absolute atomic E-state index is 0.0717. The molecule has 1 aromatic rings. The van der Waals surface area contributed by atoms with Crippen LogP contribution in [0.4, 0.5) is 0 Å². The number of hydrogen-bond donors (Lipinski definition) is 1. The van der Waals surface area contributed by atoms with E-state index >= 15 is 0 Å². The number of hydrogen-bond acceptors (Lipinski definition) is 2. The van der Waals surface area contributed by atoms with Gasteiger partial charge in [0.25, 0.3) is 0 Å². The summed E-state index contributed by atoms with van der Waals surface area (Å²) >= 11 is 0. The summed E-state index contributed by atoms with van der Waals surface area (Å²) in [6.45, 7) is 4.42. The Balaban J connectivity index is 2.19. The maximum absolute atomic E-state index is 11.3. The van der Waals surface area contributed by atoms with Gasteiger partial charge in [0.2, 0.25) is 0 Å². The largest absolute Gasteiger partial charge is 0.493 e. The third-order valence-electron chi connectivity index (χ3n) is 3.42. The lowest BCUT2D eigenvalue weighted by molar-refractivity contribution is -0.146. The van der Waals surface area contributed by atoms with Crippen LogP contribution in [-0.2, 0) is 11.2 Å². The smallest absolute Gasteiger partial charge is 0.307 e. The van der Waals surface area contributed by atoms with Gasteiger partial charge >= 0.3 is 5.97 Å². The van der Waals surface area contributed by atoms with Crippen molar-refractivity contribution in [2.24, 2.45) is 17.8 Å². The number of carboxylic acid groups (broad SMARTS) is 1. The van der Waals surface area contributed by atoms with Gasteiger partial charge in [-0.25, -0.2) is 0 Å². The van der Waals surface area contributed by atoms with E-state index in [2.05, 4.69) is 0 Å². The molecule has 0 aromatic heterocycles. The average Bonchev–Trinajstić information content (AvgIpc) is 2.28. The van der Waals surface area contributed by atoms with Crippen molar-refractivity contribution in [2.75, 3.05) is 6.61 Å². The standard InChI is InChI=1S/C14H18O3/c1-9(2)13(14(15)16)11-7-10-5-3-4-6-12(10)17-8-11/h3-6,9,11,13H,7-8H2,1-2H3,(H,15,16). The van der Waals surface area contributed by atoms with E-state index in [9.17, 15) is 9.90 Å². The number of carboxylic acids is 1. The average molecular weight is 234 g/mol. The molecule has 2 rings (SSSR count). The monoisotopic (exact) mass is 234 g/mol. The summed E-state index contributed by atoms with van der Waals surface area (Å²) in [5.41, 5.74) is 1.12. The summed E-state index contributed by atoms with van der Waals surface area (Å²) in [6, 6.07) is 7.86. The number of benzene rings is 1. The van der Waals surface area contributed by atoms with Crippen molar-refractivity contribution in [1.82, 2.24) is 0 Å². The van der Waals surface area contributed by atoms with Gasteiger partial charge in [0.1, 0.15) is 5.75 Å². The lowest BCUT2D eigenvalue weighted by Gasteiger charge is -2.31. The van der Waals surface area contributed by atoms with Gasteiger partial charge in [0.15, 0.2) is 0 Å². The van der Waals surface area contributed by atoms with Crippen LogP contribution in [0.5, 0.6) is 5.75 Å². The van der Waals surface area contributed by atoms with Gasteiger partial charge in [-0.1, -0.05) is 32.0 Å². The highest BCUT2D eigenvalue weighted by atomic mass is 16.5. The summed E-state index contributed by atoms with van der Waals surface area (Å²) in [4.78, 5) is 11.3. The highest BCUT2D eigenvalue weighted by Gasteiger charge is 2.34. The molecule has 1 heterocycles. The Labute approximate surface area is 101 Å². The molecular formula is C14H18O3. The second kappa shape index (κ2) is 4.78. The van der Waals surface area contributed by atoms with Crippen molar-refractivity contribution in [3.8, 4) is 5.75 Å². The molecule has 1 aromatic carbocycles. The van der Waals surface area contributed by atoms with E-state index in [1.165, 1.54) is 0 Å². The first kappa shape index (κ1) is 12.0. The molecule has 0 aliphatic carbocycles. The van der Waals surface area contributed by atoms with E-state index in [4.69, 9.17) is 4.74 Å². The van der Waals surface area contributed by atoms with E-state index in [1.807, 2.05) is 38.1 Å². The molecule has 1 aliphatic rings. The fourth-order valence-electron chi connectivity index (χ4n) is 2.61. The lowest BCUT2D eigenvalue weighted by Crippen LogP contribution is -2.35. The molecular weight excluding hydrogens is 216 g/mol. The van der Waals surface area contributed by atoms with Crippen LogP contribution in [0.3, 0.4) is 0 Å². The number of aliphatic carboxylic acids is 1. The van der Waals surface area contributed by atoms with Gasteiger partial charge < -0.3 is 9.84 Å². The number of ether oxygens (including phenoxy) is 1. The summed E-state index contributed by atoms with van der Waals surface area (Å²) < 4.78 is 5.65. The Hall–Kier alpha value is -1.51. The summed E-state index contributed by atoms with van der Waals surface area (Å²) in [5, 5.41) is 9.29. The SMILES string of the molecule is CC(C)C(C(=O)O)C1COc2ccccc2C1. The van der Waals surface area contributed by atoms with E-state index in [-0.39, 0.29) is 17.8 Å². The van der Waals surface area contributed by atoms with Gasteiger partial charge in [0, 0.05) is 5.92 Å². The van der Waals surface area contributed by atoms with E-state index in [1.54, 1.807) is 0 Å². The summed E-state index contributed by atoms with van der Waals surface area (Å²) in [5.74, 6) is 0.0572. The van der Waals surface area contributed by atoms with Crippen LogP contribution < -0.4 is 4.74 Å². The molecule has 0 radical (unpaired) electrons. The van der Waals surface area contributed by atoms with Crippen molar-refractivity contribution in [1.29, 1.82) is 0 Å². The lowest BCUT2D eigenvalue weighted by atomic mass is 9.79. The Morgan fingerprint density at radius 2 is 2.12 bits per heavy atom. The van der Waals surface area contributed by atoms with Crippen LogP contribution in [0.2, 0.25) is 0 Å². The first-order valence-electron chi connectivity index (χ1n) is 6.03. The predicted octanol–water partition coefficient (Wildman–Crippen LogP) is 2.59. The first-order valence-corrected chi connectivity index (χ1v) is 6.03. The molecule has 3 nitrogen and oxygen atoms in total. The fraction of sp³-hybridized carbons (Fsp3) is 0.500. The zero-order valence-electron chi connectivity index (χ0n) is 10.2. The molecule has 0 bridgehead atoms. The van der Waals surface area contributed by atoms with Crippen molar-refractivity contribution in [2.45, 2.75) is 20.3 Å². The quantitative estimate of drug-likeness (QED) is 0.874. The topological polar surface area (TPSA) is 46.5 Å². The summed E-state index contributed by atoms with van der Waals surface area (Å²) in [7, 11) is 0. The number of carbonyl (C=O) groups is 1. The molecule has 0 spiro atoms. The van der Waals surface area contributed by atoms with Gasteiger partial charge in [-0.2, -0.15) is 0 Å². The molecule has 0 saturated heterocycles. The second-order valence-corrected chi connectivity index (χ2v) is 4.99. The van der Waals surface area contributed by atoms with Crippen molar-refractivity contribution in [3.05, 3.63) is 29.8 Å². The zero-order valence-corrected chi connectivity index (χ0v) is 10.2. The molecule has 0 saturated carbocycles. The molecule has 0 amide bonds. The van der Waals surface area contributed by atoms with Crippen LogP contribution in [0.15, 0.2) is 24.3 Å². The van der Waals surface area contributed by atoms with Crippen molar-refractivity contribution >= 4 is 5.97 Å². The van der Waals surface area contributed by atoms with Gasteiger partial charge in [-0.3, -0.25) is 4.79 Å². The Morgan fingerprint density at radius 3 is 2.76 bits per heavy atom. The molecule has 2 unspecified atom stereocenters. The second-order valence-electron chi connectivity index (χ2n) is 4.99. The number of rotatable bonds is 3. The number of para-hydroxylation sites is 1. The van der Waals surface area contributed by atoms with Gasteiger partial charge in [-0.15, -0.1) is 0 Å². The Kier molecular flexibility index (Phi) is 3.36. The van der Waals surface area contributed by atoms with Crippen molar-refractivity contribution in [3.63, 3.8) is 0 Å². The van der Waals surface area contributed by atoms with Crippen LogP contribution >= 0.6 is 0 Å². The first-order chi connectivity index (χ1) is 8.09. The van der Waals surface area contributed by atoms with Crippen LogP contribution in [0.1, 0.15) is 19.4 Å². The highest BCUT2D eigenvalue weighted by Crippen LogP contribution is 2.33. The molecule has 1 aliphatic heterocycles. The van der Waals surface area contributed by atoms with Crippen molar-refractivity contribution < 1.29 is 14.6 Å². The maximum atomic E-state index is 11.3. The molecule has 3 heteroatoms. The van der Waals surface area contributed by atoms with E-state index in [0.717, 1.165) is 17.7 Å². The zero-order chi connectivity index (χ0) is 12.4. The molecule has 17 heavy (non-hydrogen) atoms. The third-order valence-corrected chi connectivity index (χ3v) is 3.42. The third kappa shape index (κ3) is 2.43. The van der Waals surface area contributed by atoms with E-state index in [0.29, 0.717) is 6.61 Å². The van der Waals surface area contributed by atoms with Crippen LogP contribution in [0, 0.1) is 17.8 Å². The molecule has 2 atom stereocenters. The summed E-state index contributed by atoms with van der Waals surface area (Å²) in [6.07, 6.45) is 0.797. The predicted molar refractivity (Wildman–Crippen MR) is 65.1 cm³/mol. The normalized spacial score (nSPS) is 20.5. The number of fused-ring (bicyclic) bond motifs is 1. The molecule has 0 fully saturated rings. The minimum Gasteiger partial charge on any atom is -0.493 e. The Bertz CT molecular complexity index is 412. The van der Waals surface area contributed by atoms with E-state index < -0.39 is 5.97 Å². The molecule has 92 valence electrons. The Morgan fingerprint density at radius 1 is 1.41 bits per heavy atom. The highest BCUT2D eigenvalue weighted by molar-refractivity contribution is 5.70. The van der Waals surface area contributed by atoms with Crippen LogP contribution in [-0.4, -0.2) is 17.7 Å².